The quantitative estimate of drug-likeness (QED) is 0.336. The molecular weight excluding hydrogens is 165 g/mol. The maximum Gasteiger partial charge on any atom is 1.00 e. The molecule has 0 rings (SSSR count). The third kappa shape index (κ3) is 5.96. The number of nitrogens with zero attached hydrogens (tertiary/aromatic N) is 1. The summed E-state index contributed by atoms with van der Waals surface area (Å²) < 4.78 is 0. The fourth-order valence-electron chi connectivity index (χ4n) is 0.329. The van der Waals surface area contributed by atoms with Gasteiger partial charge in [0.1, 0.15) is 6.04 Å². The van der Waals surface area contributed by atoms with Gasteiger partial charge >= 0.3 is 35.5 Å². The number of aliphatic carboxylic acids is 2. The van der Waals surface area contributed by atoms with Crippen LogP contribution in [-0.2, 0) is 9.59 Å². The average Bonchev–Trinajstić information content (AvgIpc) is 1.81. The van der Waals surface area contributed by atoms with E-state index in [1.54, 1.807) is 0 Å². The van der Waals surface area contributed by atoms with Gasteiger partial charge in [0.25, 0.3) is 0 Å². The van der Waals surface area contributed by atoms with Gasteiger partial charge in [-0.15, -0.1) is 0 Å². The summed E-state index contributed by atoms with van der Waals surface area (Å²) in [6.07, 6.45) is -0.828. The van der Waals surface area contributed by atoms with E-state index in [0.717, 1.165) is 0 Å². The number of carboxylic acids is 2. The predicted octanol–water partition coefficient (Wildman–Crippen LogP) is -4.65. The number of rotatable bonds is 4. The van der Waals surface area contributed by atoms with E-state index in [9.17, 15) is 19.6 Å². The van der Waals surface area contributed by atoms with Crippen LogP contribution in [0.5, 0.6) is 0 Å². The van der Waals surface area contributed by atoms with Gasteiger partial charge in [-0.2, -0.15) is 4.91 Å². The first-order chi connectivity index (χ1) is 4.57. The van der Waals surface area contributed by atoms with Crippen LogP contribution in [0.4, 0.5) is 0 Å². The number of nitroso groups, excluding NO2 is 1. The Hall–Kier alpha value is -0.460. The first-order valence-electron chi connectivity index (χ1n) is 2.33. The first-order valence-corrected chi connectivity index (χ1v) is 2.33. The Kier molecular flexibility index (Phi) is 7.49. The molecule has 0 aliphatic rings. The molecule has 7 heteroatoms. The molecule has 0 heterocycles. The van der Waals surface area contributed by atoms with Gasteiger partial charge in [-0.3, -0.25) is 4.79 Å². The van der Waals surface area contributed by atoms with Gasteiger partial charge in [0, 0.05) is 0 Å². The number of hydrogen-bond donors (Lipinski definition) is 1. The molecule has 0 bridgehead atoms. The first kappa shape index (κ1) is 13.2. The molecule has 56 valence electrons. The summed E-state index contributed by atoms with van der Waals surface area (Å²) in [5.74, 6) is -3.16. The van der Waals surface area contributed by atoms with Crippen molar-refractivity contribution in [3.05, 3.63) is 4.91 Å². The minimum absolute atomic E-state index is 0. The van der Waals surface area contributed by atoms with Crippen LogP contribution >= 0.6 is 0 Å². The van der Waals surface area contributed by atoms with E-state index in [0.29, 0.717) is 0 Å². The van der Waals surface area contributed by atoms with E-state index in [4.69, 9.17) is 5.11 Å². The second-order valence-electron chi connectivity index (χ2n) is 1.54. The molecule has 0 aliphatic carbocycles. The Morgan fingerprint density at radius 1 is 1.55 bits per heavy atom. The van der Waals surface area contributed by atoms with E-state index in [1.807, 2.05) is 5.18 Å². The number of carbonyl (C=O) groups excluding carboxylic acids is 1. The second kappa shape index (κ2) is 6.26. The van der Waals surface area contributed by atoms with Gasteiger partial charge in [-0.05, 0) is 0 Å². The van der Waals surface area contributed by atoms with Crippen LogP contribution in [0.25, 0.3) is 0 Å². The molecule has 11 heavy (non-hydrogen) atoms. The Morgan fingerprint density at radius 3 is 2.09 bits per heavy atom. The maximum absolute atomic E-state index is 9.80. The topological polar surface area (TPSA) is 107 Å². The molecule has 0 aliphatic heterocycles. The third-order valence-electron chi connectivity index (χ3n) is 0.767. The zero-order valence-corrected chi connectivity index (χ0v) is 7.81. The van der Waals surface area contributed by atoms with Crippen molar-refractivity contribution in [3.8, 4) is 0 Å². The van der Waals surface area contributed by atoms with Gasteiger partial charge in [0.2, 0.25) is 0 Å². The third-order valence-corrected chi connectivity index (χ3v) is 0.767. The molecule has 0 unspecified atom stereocenters. The molecule has 0 radical (unpaired) electrons. The van der Waals surface area contributed by atoms with Crippen molar-refractivity contribution in [1.82, 2.24) is 0 Å². The minimum Gasteiger partial charge on any atom is -0.548 e. The summed E-state index contributed by atoms with van der Waals surface area (Å²) in [5, 5.41) is 19.8. The van der Waals surface area contributed by atoms with Crippen molar-refractivity contribution < 1.29 is 49.4 Å². The molecule has 0 aromatic heterocycles. The van der Waals surface area contributed by atoms with Crippen LogP contribution < -0.4 is 34.7 Å². The monoisotopic (exact) mass is 169 g/mol. The van der Waals surface area contributed by atoms with Crippen LogP contribution in [0.15, 0.2) is 5.18 Å². The molecule has 0 amide bonds. The zero-order valence-electron chi connectivity index (χ0n) is 5.81. The smallest absolute Gasteiger partial charge is 0.548 e. The van der Waals surface area contributed by atoms with E-state index in [1.165, 1.54) is 0 Å². The van der Waals surface area contributed by atoms with Crippen LogP contribution in [0.1, 0.15) is 6.42 Å². The summed E-state index contributed by atoms with van der Waals surface area (Å²) in [4.78, 5) is 29.1. The molecule has 1 atom stereocenters. The molecule has 6 nitrogen and oxygen atoms in total. The van der Waals surface area contributed by atoms with Gasteiger partial charge in [0.15, 0.2) is 0 Å². The Bertz CT molecular complexity index is 170. The van der Waals surface area contributed by atoms with Crippen LogP contribution in [0, 0.1) is 4.91 Å². The molecule has 1 N–H and O–H groups in total. The average molecular weight is 169 g/mol. The molecule has 0 aromatic rings. The predicted molar refractivity (Wildman–Crippen MR) is 26.8 cm³/mol. The summed E-state index contributed by atoms with van der Waals surface area (Å²) in [7, 11) is 0. The van der Waals surface area contributed by atoms with Crippen LogP contribution in [0.2, 0.25) is 0 Å². The van der Waals surface area contributed by atoms with E-state index in [2.05, 4.69) is 0 Å². The summed E-state index contributed by atoms with van der Waals surface area (Å²) in [6.45, 7) is 0. The van der Waals surface area contributed by atoms with Crippen molar-refractivity contribution in [2.24, 2.45) is 5.18 Å². The molecular formula is C4H4NNaO5. The number of carbonyl (C=O) groups is 2. The van der Waals surface area contributed by atoms with Gasteiger partial charge < -0.3 is 15.0 Å². The van der Waals surface area contributed by atoms with Crippen molar-refractivity contribution >= 4 is 11.9 Å². The Labute approximate surface area is 83.9 Å². The maximum atomic E-state index is 9.80. The largest absolute Gasteiger partial charge is 1.00 e. The van der Waals surface area contributed by atoms with Gasteiger partial charge in [0.05, 0.1) is 12.4 Å². The van der Waals surface area contributed by atoms with Gasteiger partial charge in [-0.1, -0.05) is 5.18 Å². The number of hydrogen-bond acceptors (Lipinski definition) is 5. The zero-order chi connectivity index (χ0) is 8.15. The SMILES string of the molecule is O=N[C@@H](CC(=O)O)C(=O)[O-].[Na+]. The van der Waals surface area contributed by atoms with Crippen molar-refractivity contribution in [3.63, 3.8) is 0 Å². The molecule has 0 saturated carbocycles. The standard InChI is InChI=1S/C4H5NO5.Na/c6-3(7)1-2(5-10)4(8)9;/h2H,1H2,(H,6,7)(H,8,9);/q;+1/p-1/t2-;/m0./s1. The van der Waals surface area contributed by atoms with Crippen molar-refractivity contribution in [1.29, 1.82) is 0 Å². The fourth-order valence-corrected chi connectivity index (χ4v) is 0.329. The molecule has 0 fully saturated rings. The molecule has 0 aromatic carbocycles. The van der Waals surface area contributed by atoms with E-state index < -0.39 is 24.4 Å². The van der Waals surface area contributed by atoms with E-state index in [-0.39, 0.29) is 29.6 Å². The van der Waals surface area contributed by atoms with Crippen molar-refractivity contribution in [2.45, 2.75) is 12.5 Å². The minimum atomic E-state index is -1.78. The normalized spacial score (nSPS) is 10.9. The summed E-state index contributed by atoms with van der Waals surface area (Å²) >= 11 is 0. The van der Waals surface area contributed by atoms with Crippen molar-refractivity contribution in [2.75, 3.05) is 0 Å². The second-order valence-corrected chi connectivity index (χ2v) is 1.54. The fraction of sp³-hybridized carbons (Fsp3) is 0.500. The molecule has 0 spiro atoms. The Balaban J connectivity index is 0. The summed E-state index contributed by atoms with van der Waals surface area (Å²) in [5.41, 5.74) is 0. The van der Waals surface area contributed by atoms with Crippen LogP contribution in [-0.4, -0.2) is 23.1 Å². The number of carboxylic acid groups (broad SMARTS) is 2. The molecule has 0 saturated heterocycles. The van der Waals surface area contributed by atoms with Gasteiger partial charge in [-0.25, -0.2) is 0 Å². The van der Waals surface area contributed by atoms with Crippen LogP contribution in [0.3, 0.4) is 0 Å². The van der Waals surface area contributed by atoms with E-state index >= 15 is 0 Å². The summed E-state index contributed by atoms with van der Waals surface area (Å²) in [6, 6.07) is -1.78. The Morgan fingerprint density at radius 2 is 2.00 bits per heavy atom.